The molecule has 2 aliphatic rings. The molecule has 13 heavy (non-hydrogen) atoms. The number of rotatable bonds is 0. The van der Waals surface area contributed by atoms with E-state index in [4.69, 9.17) is 5.73 Å². The quantitative estimate of drug-likeness (QED) is 0.661. The first-order valence-electron chi connectivity index (χ1n) is 4.80. The van der Waals surface area contributed by atoms with E-state index in [1.807, 2.05) is 0 Å². The van der Waals surface area contributed by atoms with E-state index in [0.717, 1.165) is 0 Å². The van der Waals surface area contributed by atoms with E-state index in [2.05, 4.69) is 5.32 Å². The number of halogens is 2. The van der Waals surface area contributed by atoms with Crippen LogP contribution >= 0.6 is 24.8 Å². The fourth-order valence-corrected chi connectivity index (χ4v) is 2.71. The van der Waals surface area contributed by atoms with Crippen molar-refractivity contribution in [2.45, 2.75) is 38.1 Å². The van der Waals surface area contributed by atoms with Gasteiger partial charge in [-0.3, -0.25) is 0 Å². The summed E-state index contributed by atoms with van der Waals surface area (Å²) in [5.41, 5.74) is 6.66. The van der Waals surface area contributed by atoms with Crippen LogP contribution in [0.3, 0.4) is 0 Å². The monoisotopic (exact) mass is 226 g/mol. The molecule has 3 N–H and O–H groups in total. The summed E-state index contributed by atoms with van der Waals surface area (Å²) in [6, 6.07) is 0.504. The summed E-state index contributed by atoms with van der Waals surface area (Å²) in [6.07, 6.45) is 6.64. The second-order valence-electron chi connectivity index (χ2n) is 4.11. The predicted octanol–water partition coefficient (Wildman–Crippen LogP) is 1.71. The van der Waals surface area contributed by atoms with Crippen LogP contribution in [0.25, 0.3) is 0 Å². The van der Waals surface area contributed by atoms with Gasteiger partial charge in [-0.2, -0.15) is 0 Å². The summed E-state index contributed by atoms with van der Waals surface area (Å²) < 4.78 is 0. The SMILES string of the molecule is Cl.Cl.N[C@H]1CCCC12CCNCC2. The standard InChI is InChI=1S/C9H18N2.2ClH/c10-8-2-1-3-9(8)4-6-11-7-5-9;;/h8,11H,1-7,10H2;2*1H/t8-;;/m0../s1. The van der Waals surface area contributed by atoms with E-state index < -0.39 is 0 Å². The lowest BCUT2D eigenvalue weighted by Crippen LogP contribution is -2.45. The molecule has 0 aromatic heterocycles. The molecule has 4 heteroatoms. The van der Waals surface area contributed by atoms with Crippen molar-refractivity contribution in [1.82, 2.24) is 5.32 Å². The van der Waals surface area contributed by atoms with E-state index in [0.29, 0.717) is 11.5 Å². The number of piperidine rings is 1. The highest BCUT2D eigenvalue weighted by atomic mass is 35.5. The number of nitrogens with one attached hydrogen (secondary N) is 1. The molecule has 2 fully saturated rings. The predicted molar refractivity (Wildman–Crippen MR) is 60.9 cm³/mol. The Morgan fingerprint density at radius 1 is 1.08 bits per heavy atom. The van der Waals surface area contributed by atoms with Crippen LogP contribution in [0.5, 0.6) is 0 Å². The van der Waals surface area contributed by atoms with Crippen molar-refractivity contribution in [2.24, 2.45) is 11.1 Å². The minimum Gasteiger partial charge on any atom is -0.327 e. The third-order valence-electron chi connectivity index (χ3n) is 3.58. The highest BCUT2D eigenvalue weighted by Crippen LogP contribution is 2.43. The van der Waals surface area contributed by atoms with Crippen molar-refractivity contribution < 1.29 is 0 Å². The Labute approximate surface area is 92.8 Å². The molecule has 80 valence electrons. The number of hydrogen-bond donors (Lipinski definition) is 2. The normalized spacial score (nSPS) is 30.7. The van der Waals surface area contributed by atoms with Crippen molar-refractivity contribution in [3.05, 3.63) is 0 Å². The lowest BCUT2D eigenvalue weighted by atomic mass is 9.75. The lowest BCUT2D eigenvalue weighted by molar-refractivity contribution is 0.183. The van der Waals surface area contributed by atoms with Gasteiger partial charge in [0.1, 0.15) is 0 Å². The van der Waals surface area contributed by atoms with Gasteiger partial charge in [0.25, 0.3) is 0 Å². The summed E-state index contributed by atoms with van der Waals surface area (Å²) in [5, 5.41) is 3.40. The van der Waals surface area contributed by atoms with Crippen LogP contribution in [0.2, 0.25) is 0 Å². The molecule has 0 radical (unpaired) electrons. The number of nitrogens with two attached hydrogens (primary N) is 1. The topological polar surface area (TPSA) is 38.0 Å². The summed E-state index contributed by atoms with van der Waals surface area (Å²) in [4.78, 5) is 0. The maximum Gasteiger partial charge on any atom is 0.00965 e. The van der Waals surface area contributed by atoms with E-state index in [-0.39, 0.29) is 24.8 Å². The second kappa shape index (κ2) is 5.40. The molecule has 1 aliphatic heterocycles. The molecule has 1 atom stereocenters. The van der Waals surface area contributed by atoms with Crippen LogP contribution in [0.4, 0.5) is 0 Å². The highest BCUT2D eigenvalue weighted by molar-refractivity contribution is 5.85. The maximum absolute atomic E-state index is 6.12. The zero-order valence-electron chi connectivity index (χ0n) is 7.92. The van der Waals surface area contributed by atoms with Gasteiger partial charge in [-0.1, -0.05) is 6.42 Å². The fourth-order valence-electron chi connectivity index (χ4n) is 2.71. The van der Waals surface area contributed by atoms with Crippen molar-refractivity contribution in [2.75, 3.05) is 13.1 Å². The Kier molecular flexibility index (Phi) is 5.61. The Morgan fingerprint density at radius 2 is 1.69 bits per heavy atom. The molecule has 1 heterocycles. The van der Waals surface area contributed by atoms with E-state index in [1.54, 1.807) is 0 Å². The summed E-state index contributed by atoms with van der Waals surface area (Å²) in [5.74, 6) is 0. The van der Waals surface area contributed by atoms with E-state index in [9.17, 15) is 0 Å². The number of hydrogen-bond acceptors (Lipinski definition) is 2. The smallest absolute Gasteiger partial charge is 0.00965 e. The van der Waals surface area contributed by atoms with Crippen molar-refractivity contribution >= 4 is 24.8 Å². The summed E-state index contributed by atoms with van der Waals surface area (Å²) in [7, 11) is 0. The summed E-state index contributed by atoms with van der Waals surface area (Å²) in [6.45, 7) is 2.38. The van der Waals surface area contributed by atoms with Crippen molar-refractivity contribution in [3.63, 3.8) is 0 Å². The average molecular weight is 227 g/mol. The van der Waals surface area contributed by atoms with Gasteiger partial charge in [0.2, 0.25) is 0 Å². The van der Waals surface area contributed by atoms with Gasteiger partial charge < -0.3 is 11.1 Å². The maximum atomic E-state index is 6.12. The molecule has 1 saturated heterocycles. The van der Waals surface area contributed by atoms with E-state index >= 15 is 0 Å². The lowest BCUT2D eigenvalue weighted by Gasteiger charge is -2.37. The first kappa shape index (κ1) is 13.5. The van der Waals surface area contributed by atoms with Crippen LogP contribution in [0.15, 0.2) is 0 Å². The molecule has 0 amide bonds. The minimum absolute atomic E-state index is 0. The zero-order chi connectivity index (χ0) is 7.73. The second-order valence-corrected chi connectivity index (χ2v) is 4.11. The fraction of sp³-hybridized carbons (Fsp3) is 1.00. The van der Waals surface area contributed by atoms with Crippen molar-refractivity contribution in [1.29, 1.82) is 0 Å². The Hall–Kier alpha value is 0.500. The molecule has 2 rings (SSSR count). The Bertz CT molecular complexity index is 147. The van der Waals surface area contributed by atoms with Gasteiger partial charge in [0, 0.05) is 6.04 Å². The van der Waals surface area contributed by atoms with Gasteiger partial charge in [0.15, 0.2) is 0 Å². The molecule has 0 bridgehead atoms. The molecule has 2 nitrogen and oxygen atoms in total. The first-order valence-corrected chi connectivity index (χ1v) is 4.80. The molecular formula is C9H20Cl2N2. The van der Waals surface area contributed by atoms with Crippen LogP contribution < -0.4 is 11.1 Å². The van der Waals surface area contributed by atoms with Gasteiger partial charge in [-0.15, -0.1) is 24.8 Å². The molecule has 1 aliphatic carbocycles. The minimum atomic E-state index is 0. The molecule has 0 unspecified atom stereocenters. The average Bonchev–Trinajstić information content (AvgIpc) is 2.36. The largest absolute Gasteiger partial charge is 0.327 e. The van der Waals surface area contributed by atoms with Gasteiger partial charge in [-0.05, 0) is 44.2 Å². The van der Waals surface area contributed by atoms with Crippen LogP contribution in [0, 0.1) is 5.41 Å². The first-order chi connectivity index (χ1) is 5.33. The zero-order valence-corrected chi connectivity index (χ0v) is 9.55. The third kappa shape index (κ3) is 2.50. The van der Waals surface area contributed by atoms with Gasteiger partial charge >= 0.3 is 0 Å². The molecular weight excluding hydrogens is 207 g/mol. The molecule has 1 saturated carbocycles. The van der Waals surface area contributed by atoms with Crippen LogP contribution in [0.1, 0.15) is 32.1 Å². The highest BCUT2D eigenvalue weighted by Gasteiger charge is 2.40. The van der Waals surface area contributed by atoms with Crippen LogP contribution in [-0.4, -0.2) is 19.1 Å². The van der Waals surface area contributed by atoms with Crippen molar-refractivity contribution in [3.8, 4) is 0 Å². The summed E-state index contributed by atoms with van der Waals surface area (Å²) >= 11 is 0. The van der Waals surface area contributed by atoms with Gasteiger partial charge in [0.05, 0.1) is 0 Å². The van der Waals surface area contributed by atoms with Gasteiger partial charge in [-0.25, -0.2) is 0 Å². The van der Waals surface area contributed by atoms with E-state index in [1.165, 1.54) is 45.2 Å². The molecule has 1 spiro atoms. The Balaban J connectivity index is 0.000000720. The molecule has 0 aromatic rings. The third-order valence-corrected chi connectivity index (χ3v) is 3.58. The Morgan fingerprint density at radius 3 is 2.15 bits per heavy atom. The molecule has 0 aromatic carbocycles. The van der Waals surface area contributed by atoms with Crippen LogP contribution in [-0.2, 0) is 0 Å².